The molecule has 2 fully saturated rings. The molecule has 3 heterocycles. The van der Waals surface area contributed by atoms with E-state index in [4.69, 9.17) is 4.74 Å². The first kappa shape index (κ1) is 14.5. The molecule has 0 bridgehead atoms. The summed E-state index contributed by atoms with van der Waals surface area (Å²) in [5.41, 5.74) is 0. The van der Waals surface area contributed by atoms with E-state index in [0.717, 1.165) is 64.5 Å². The van der Waals surface area contributed by atoms with Crippen LogP contribution in [0.2, 0.25) is 0 Å². The Labute approximate surface area is 125 Å². The third kappa shape index (κ3) is 3.79. The molecule has 1 N–H and O–H groups in total. The fourth-order valence-electron chi connectivity index (χ4n) is 2.83. The summed E-state index contributed by atoms with van der Waals surface area (Å²) >= 11 is 0. The van der Waals surface area contributed by atoms with Gasteiger partial charge < -0.3 is 19.9 Å². The van der Waals surface area contributed by atoms with Gasteiger partial charge in [-0.2, -0.15) is 10.1 Å². The van der Waals surface area contributed by atoms with E-state index in [1.54, 1.807) is 6.20 Å². The van der Waals surface area contributed by atoms with Crippen LogP contribution in [0.1, 0.15) is 19.8 Å². The number of rotatable bonds is 5. The third-order valence-corrected chi connectivity index (χ3v) is 4.20. The molecule has 1 aromatic heterocycles. The largest absolute Gasteiger partial charge is 0.376 e. The number of nitrogens with zero attached hydrogens (tertiary/aromatic N) is 5. The molecule has 0 amide bonds. The molecule has 1 atom stereocenters. The Morgan fingerprint density at radius 1 is 1.33 bits per heavy atom. The van der Waals surface area contributed by atoms with Crippen molar-refractivity contribution in [3.8, 4) is 0 Å². The van der Waals surface area contributed by atoms with Crippen LogP contribution in [0.15, 0.2) is 6.20 Å². The van der Waals surface area contributed by atoms with Gasteiger partial charge in [0, 0.05) is 39.3 Å². The molecule has 7 nitrogen and oxygen atoms in total. The SMILES string of the molecule is CCN1CCN(c2cnnc(NCC3CCCO3)n2)CC1. The zero-order chi connectivity index (χ0) is 14.5. The zero-order valence-corrected chi connectivity index (χ0v) is 12.7. The van der Waals surface area contributed by atoms with Gasteiger partial charge >= 0.3 is 0 Å². The maximum atomic E-state index is 5.59. The topological polar surface area (TPSA) is 66.4 Å². The highest BCUT2D eigenvalue weighted by Gasteiger charge is 2.18. The summed E-state index contributed by atoms with van der Waals surface area (Å²) in [6.45, 7) is 9.11. The van der Waals surface area contributed by atoms with Crippen molar-refractivity contribution < 1.29 is 4.74 Å². The van der Waals surface area contributed by atoms with Crippen LogP contribution < -0.4 is 10.2 Å². The second kappa shape index (κ2) is 7.00. The lowest BCUT2D eigenvalue weighted by Crippen LogP contribution is -2.46. The Morgan fingerprint density at radius 2 is 2.19 bits per heavy atom. The van der Waals surface area contributed by atoms with Crippen molar-refractivity contribution in [3.63, 3.8) is 0 Å². The summed E-state index contributed by atoms with van der Waals surface area (Å²) in [6, 6.07) is 0. The lowest BCUT2D eigenvalue weighted by Gasteiger charge is -2.34. The molecule has 2 aliphatic heterocycles. The molecule has 0 aromatic carbocycles. The van der Waals surface area contributed by atoms with Crippen LogP contribution in [0, 0.1) is 0 Å². The van der Waals surface area contributed by atoms with E-state index in [9.17, 15) is 0 Å². The molecule has 0 saturated carbocycles. The van der Waals surface area contributed by atoms with Gasteiger partial charge in [0.2, 0.25) is 5.95 Å². The van der Waals surface area contributed by atoms with Gasteiger partial charge in [-0.1, -0.05) is 6.92 Å². The minimum atomic E-state index is 0.283. The van der Waals surface area contributed by atoms with E-state index < -0.39 is 0 Å². The van der Waals surface area contributed by atoms with Gasteiger partial charge in [-0.15, -0.1) is 5.10 Å². The predicted molar refractivity (Wildman–Crippen MR) is 81.6 cm³/mol. The second-order valence-electron chi connectivity index (χ2n) is 5.58. The van der Waals surface area contributed by atoms with Crippen molar-refractivity contribution in [3.05, 3.63) is 6.20 Å². The maximum Gasteiger partial charge on any atom is 0.244 e. The highest BCUT2D eigenvalue weighted by atomic mass is 16.5. The van der Waals surface area contributed by atoms with Crippen LogP contribution in [-0.4, -0.2) is 72.1 Å². The number of likely N-dealkylation sites (N-methyl/N-ethyl adjacent to an activating group) is 1. The number of aromatic nitrogens is 3. The van der Waals surface area contributed by atoms with Gasteiger partial charge in [-0.05, 0) is 19.4 Å². The number of nitrogens with one attached hydrogen (secondary N) is 1. The van der Waals surface area contributed by atoms with Gasteiger partial charge in [-0.3, -0.25) is 0 Å². The number of piperazine rings is 1. The minimum absolute atomic E-state index is 0.283. The lowest BCUT2D eigenvalue weighted by molar-refractivity contribution is 0.120. The smallest absolute Gasteiger partial charge is 0.244 e. The van der Waals surface area contributed by atoms with Crippen molar-refractivity contribution in [2.75, 3.05) is 56.1 Å². The van der Waals surface area contributed by atoms with Crippen molar-refractivity contribution in [2.24, 2.45) is 0 Å². The van der Waals surface area contributed by atoms with E-state index in [1.165, 1.54) is 0 Å². The zero-order valence-electron chi connectivity index (χ0n) is 12.7. The highest BCUT2D eigenvalue weighted by Crippen LogP contribution is 2.15. The van der Waals surface area contributed by atoms with Crippen LogP contribution in [0.25, 0.3) is 0 Å². The van der Waals surface area contributed by atoms with Gasteiger partial charge in [0.25, 0.3) is 0 Å². The molecule has 116 valence electrons. The van der Waals surface area contributed by atoms with Gasteiger partial charge in [0.1, 0.15) is 0 Å². The molecule has 7 heteroatoms. The quantitative estimate of drug-likeness (QED) is 0.852. The first-order valence-corrected chi connectivity index (χ1v) is 7.87. The Bertz CT molecular complexity index is 443. The van der Waals surface area contributed by atoms with E-state index in [-0.39, 0.29) is 6.10 Å². The van der Waals surface area contributed by atoms with Gasteiger partial charge in [0.05, 0.1) is 12.3 Å². The Kier molecular flexibility index (Phi) is 4.82. The molecule has 2 aliphatic rings. The second-order valence-corrected chi connectivity index (χ2v) is 5.58. The minimum Gasteiger partial charge on any atom is -0.376 e. The number of hydrogen-bond acceptors (Lipinski definition) is 7. The lowest BCUT2D eigenvalue weighted by atomic mass is 10.2. The predicted octanol–water partition coefficient (Wildman–Crippen LogP) is 0.604. The first-order chi connectivity index (χ1) is 10.3. The normalized spacial score (nSPS) is 23.5. The number of anilines is 2. The van der Waals surface area contributed by atoms with Gasteiger partial charge in [0.15, 0.2) is 5.82 Å². The Morgan fingerprint density at radius 3 is 2.90 bits per heavy atom. The highest BCUT2D eigenvalue weighted by molar-refractivity contribution is 5.40. The van der Waals surface area contributed by atoms with Crippen LogP contribution in [0.4, 0.5) is 11.8 Å². The summed E-state index contributed by atoms with van der Waals surface area (Å²) in [6.07, 6.45) is 4.29. The fraction of sp³-hybridized carbons (Fsp3) is 0.786. The Balaban J connectivity index is 1.55. The Hall–Kier alpha value is -1.47. The van der Waals surface area contributed by atoms with Crippen LogP contribution in [0.3, 0.4) is 0 Å². The van der Waals surface area contributed by atoms with E-state index in [1.807, 2.05) is 0 Å². The molecule has 0 radical (unpaired) electrons. The number of hydrogen-bond donors (Lipinski definition) is 1. The maximum absolute atomic E-state index is 5.59. The summed E-state index contributed by atoms with van der Waals surface area (Å²) < 4.78 is 5.59. The molecule has 0 spiro atoms. The van der Waals surface area contributed by atoms with Crippen LogP contribution in [0.5, 0.6) is 0 Å². The first-order valence-electron chi connectivity index (χ1n) is 7.87. The average Bonchev–Trinajstić information content (AvgIpc) is 3.07. The van der Waals surface area contributed by atoms with Crippen molar-refractivity contribution in [1.29, 1.82) is 0 Å². The van der Waals surface area contributed by atoms with Crippen molar-refractivity contribution in [2.45, 2.75) is 25.9 Å². The summed E-state index contributed by atoms with van der Waals surface area (Å²) in [5.74, 6) is 1.51. The number of ether oxygens (including phenoxy) is 1. The van der Waals surface area contributed by atoms with Crippen LogP contribution >= 0.6 is 0 Å². The molecular formula is C14H24N6O. The molecular weight excluding hydrogens is 268 g/mol. The fourth-order valence-corrected chi connectivity index (χ4v) is 2.83. The standard InChI is InChI=1S/C14H24N6O/c1-2-19-5-7-20(8-6-19)13-11-16-18-14(17-13)15-10-12-4-3-9-21-12/h11-12H,2-10H2,1H3,(H,15,17,18). The summed E-state index contributed by atoms with van der Waals surface area (Å²) in [7, 11) is 0. The molecule has 21 heavy (non-hydrogen) atoms. The molecule has 1 aromatic rings. The van der Waals surface area contributed by atoms with E-state index in [0.29, 0.717) is 5.95 Å². The molecule has 1 unspecified atom stereocenters. The van der Waals surface area contributed by atoms with Gasteiger partial charge in [-0.25, -0.2) is 0 Å². The van der Waals surface area contributed by atoms with Crippen LogP contribution in [-0.2, 0) is 4.74 Å². The van der Waals surface area contributed by atoms with E-state index >= 15 is 0 Å². The molecule has 2 saturated heterocycles. The monoisotopic (exact) mass is 292 g/mol. The average molecular weight is 292 g/mol. The van der Waals surface area contributed by atoms with Crippen molar-refractivity contribution in [1.82, 2.24) is 20.1 Å². The van der Waals surface area contributed by atoms with Crippen molar-refractivity contribution >= 4 is 11.8 Å². The summed E-state index contributed by atoms with van der Waals surface area (Å²) in [4.78, 5) is 9.30. The molecule has 3 rings (SSSR count). The third-order valence-electron chi connectivity index (χ3n) is 4.20. The summed E-state index contributed by atoms with van der Waals surface area (Å²) in [5, 5.41) is 11.4. The van der Waals surface area contributed by atoms with E-state index in [2.05, 4.69) is 37.2 Å². The molecule has 0 aliphatic carbocycles.